The van der Waals surface area contributed by atoms with E-state index in [0.29, 0.717) is 13.1 Å². The van der Waals surface area contributed by atoms with Crippen molar-refractivity contribution in [1.82, 2.24) is 30.2 Å². The third-order valence-electron chi connectivity index (χ3n) is 9.84. The normalized spacial score (nSPS) is 15.5. The Kier molecular flexibility index (Phi) is 17.2. The molecule has 1 fully saturated rings. The van der Waals surface area contributed by atoms with Crippen molar-refractivity contribution in [3.8, 4) is 0 Å². The molecule has 1 aliphatic heterocycles. The Balaban J connectivity index is 1.79. The molecule has 0 bridgehead atoms. The number of urea groups is 1. The second-order valence-electron chi connectivity index (χ2n) is 15.5. The van der Waals surface area contributed by atoms with Crippen molar-refractivity contribution in [3.05, 3.63) is 71.8 Å². The first-order chi connectivity index (χ1) is 26.8. The summed E-state index contributed by atoms with van der Waals surface area (Å²) in [5.74, 6) is -3.90. The van der Waals surface area contributed by atoms with E-state index in [-0.39, 0.29) is 19.4 Å². The molecule has 5 atom stereocenters. The molecule has 8 amide bonds. The minimum atomic E-state index is -1.41. The molecule has 57 heavy (non-hydrogen) atoms. The fourth-order valence-electron chi connectivity index (χ4n) is 6.43. The Hall–Kier alpha value is -5.35. The molecular formula is C41H60N8O8. The van der Waals surface area contributed by atoms with Crippen molar-refractivity contribution in [1.29, 1.82) is 0 Å². The molecule has 1 saturated heterocycles. The molecule has 1 unspecified atom stereocenters. The molecule has 0 saturated carbocycles. The number of benzene rings is 2. The van der Waals surface area contributed by atoms with Crippen LogP contribution in [0.2, 0.25) is 0 Å². The number of likely N-dealkylation sites (N-methyl/N-ethyl adjacent to an activating group) is 3. The molecule has 0 aromatic heterocycles. The number of likely N-dealkylation sites (tertiary alicyclic amines) is 1. The van der Waals surface area contributed by atoms with Gasteiger partial charge in [0.1, 0.15) is 30.2 Å². The van der Waals surface area contributed by atoms with Crippen molar-refractivity contribution in [2.24, 2.45) is 11.5 Å². The van der Waals surface area contributed by atoms with E-state index in [0.717, 1.165) is 35.3 Å². The summed E-state index contributed by atoms with van der Waals surface area (Å²) in [4.78, 5) is 99.2. The molecule has 2 aromatic carbocycles. The summed E-state index contributed by atoms with van der Waals surface area (Å²) in [7, 11) is 4.07. The summed E-state index contributed by atoms with van der Waals surface area (Å²) in [5, 5.41) is 5.15. The zero-order chi connectivity index (χ0) is 42.4. The SMILES string of the molecule is C[C@@H](NC(=O)C[C@H](NC(=O)N(C)C(=O)[C@H](Cc1ccccc1)N(C)C(=O)[C@@H](N)COC(C)(C)C)C(=O)N1CCCCC1)C(=O)N(C)C(Cc1ccccc1)C(N)=O. The van der Waals surface area contributed by atoms with Gasteiger partial charge in [0, 0.05) is 47.1 Å². The van der Waals surface area contributed by atoms with E-state index in [1.165, 1.54) is 37.9 Å². The second-order valence-corrected chi connectivity index (χ2v) is 15.5. The third-order valence-corrected chi connectivity index (χ3v) is 9.84. The molecule has 1 aliphatic rings. The number of hydrogen-bond donors (Lipinski definition) is 4. The van der Waals surface area contributed by atoms with Crippen LogP contribution in [-0.4, -0.2) is 138 Å². The smallest absolute Gasteiger partial charge is 0.324 e. The van der Waals surface area contributed by atoms with E-state index in [9.17, 15) is 33.6 Å². The van der Waals surface area contributed by atoms with Gasteiger partial charge in [-0.1, -0.05) is 60.7 Å². The van der Waals surface area contributed by atoms with Crippen LogP contribution in [0.25, 0.3) is 0 Å². The molecule has 0 aliphatic carbocycles. The second kappa shape index (κ2) is 21.3. The Labute approximate surface area is 335 Å². The molecule has 1 heterocycles. The minimum Gasteiger partial charge on any atom is -0.374 e. The molecule has 3 rings (SSSR count). The topological polar surface area (TPSA) is 218 Å². The average molecular weight is 793 g/mol. The van der Waals surface area contributed by atoms with Gasteiger partial charge in [-0.2, -0.15) is 0 Å². The van der Waals surface area contributed by atoms with Gasteiger partial charge in [-0.05, 0) is 58.1 Å². The van der Waals surface area contributed by atoms with Gasteiger partial charge in [0.15, 0.2) is 0 Å². The minimum absolute atomic E-state index is 0.0489. The van der Waals surface area contributed by atoms with Crippen molar-refractivity contribution < 1.29 is 38.3 Å². The number of primary amides is 1. The number of imide groups is 1. The van der Waals surface area contributed by atoms with Gasteiger partial charge in [0.05, 0.1) is 18.6 Å². The summed E-state index contributed by atoms with van der Waals surface area (Å²) < 4.78 is 5.70. The summed E-state index contributed by atoms with van der Waals surface area (Å²) in [6, 6.07) is 11.2. The van der Waals surface area contributed by atoms with E-state index >= 15 is 0 Å². The van der Waals surface area contributed by atoms with Gasteiger partial charge in [-0.3, -0.25) is 33.7 Å². The summed E-state index contributed by atoms with van der Waals surface area (Å²) in [6.45, 7) is 7.65. The Morgan fingerprint density at radius 3 is 1.77 bits per heavy atom. The van der Waals surface area contributed by atoms with Crippen LogP contribution in [0.1, 0.15) is 64.5 Å². The van der Waals surface area contributed by atoms with Crippen LogP contribution in [0.3, 0.4) is 0 Å². The van der Waals surface area contributed by atoms with Gasteiger partial charge in [-0.25, -0.2) is 4.79 Å². The maximum atomic E-state index is 14.1. The number of nitrogens with one attached hydrogen (secondary N) is 2. The number of amides is 8. The molecule has 0 spiro atoms. The average Bonchev–Trinajstić information content (AvgIpc) is 3.19. The Bertz CT molecular complexity index is 1700. The van der Waals surface area contributed by atoms with Gasteiger partial charge in [0.25, 0.3) is 5.91 Å². The van der Waals surface area contributed by atoms with E-state index in [4.69, 9.17) is 16.2 Å². The van der Waals surface area contributed by atoms with Gasteiger partial charge in [0.2, 0.25) is 29.5 Å². The van der Waals surface area contributed by atoms with Crippen LogP contribution in [0, 0.1) is 0 Å². The monoisotopic (exact) mass is 792 g/mol. The van der Waals surface area contributed by atoms with Crippen LogP contribution >= 0.6 is 0 Å². The maximum absolute atomic E-state index is 14.1. The van der Waals surface area contributed by atoms with Crippen molar-refractivity contribution in [2.75, 3.05) is 40.8 Å². The molecule has 312 valence electrons. The van der Waals surface area contributed by atoms with Crippen molar-refractivity contribution >= 4 is 41.5 Å². The number of nitrogens with two attached hydrogens (primary N) is 2. The third kappa shape index (κ3) is 14.0. The highest BCUT2D eigenvalue weighted by Crippen LogP contribution is 2.16. The van der Waals surface area contributed by atoms with E-state index in [1.54, 1.807) is 53.4 Å². The van der Waals surface area contributed by atoms with E-state index in [2.05, 4.69) is 10.6 Å². The van der Waals surface area contributed by atoms with E-state index < -0.39 is 83.7 Å². The maximum Gasteiger partial charge on any atom is 0.324 e. The van der Waals surface area contributed by atoms with Crippen LogP contribution in [0.5, 0.6) is 0 Å². The summed E-state index contributed by atoms with van der Waals surface area (Å²) in [5.41, 5.74) is 12.8. The highest BCUT2D eigenvalue weighted by molar-refractivity contribution is 6.01. The number of nitrogens with zero attached hydrogens (tertiary/aromatic N) is 4. The van der Waals surface area contributed by atoms with Crippen LogP contribution < -0.4 is 22.1 Å². The van der Waals surface area contributed by atoms with Crippen LogP contribution in [0.15, 0.2) is 60.7 Å². The highest BCUT2D eigenvalue weighted by Gasteiger charge is 2.37. The van der Waals surface area contributed by atoms with E-state index in [1.807, 2.05) is 32.9 Å². The lowest BCUT2D eigenvalue weighted by Crippen LogP contribution is -2.59. The van der Waals surface area contributed by atoms with Crippen LogP contribution in [-0.2, 0) is 46.3 Å². The van der Waals surface area contributed by atoms with Gasteiger partial charge < -0.3 is 41.5 Å². The number of rotatable bonds is 17. The first-order valence-corrected chi connectivity index (χ1v) is 19.3. The predicted octanol–water partition coefficient (Wildman–Crippen LogP) is 1.20. The zero-order valence-corrected chi connectivity index (χ0v) is 34.2. The van der Waals surface area contributed by atoms with Gasteiger partial charge in [-0.15, -0.1) is 0 Å². The fourth-order valence-corrected chi connectivity index (χ4v) is 6.43. The number of carbonyl (C=O) groups excluding carboxylic acids is 7. The summed E-state index contributed by atoms with van der Waals surface area (Å²) in [6.07, 6.45) is 2.06. The molecule has 6 N–H and O–H groups in total. The highest BCUT2D eigenvalue weighted by atomic mass is 16.5. The summed E-state index contributed by atoms with van der Waals surface area (Å²) >= 11 is 0. The number of ether oxygens (including phenoxy) is 1. The standard InChI is InChI=1S/C41H60N8O8/c1-27(36(52)46(5)32(35(43)51)23-28-17-11-8-12-18-28)44-34(50)25-31(38(54)49-21-15-10-16-22-49)45-40(56)48(7)39(55)33(24-29-19-13-9-14-20-29)47(6)37(53)30(42)26-57-41(2,3)4/h8-9,11-14,17-20,27,30-33H,10,15-16,21-26,42H2,1-7H3,(H2,43,51)(H,44,50)(H,45,56)/t27-,30+,31+,32?,33+/m1/s1. The van der Waals surface area contributed by atoms with Crippen molar-refractivity contribution in [3.63, 3.8) is 0 Å². The Morgan fingerprint density at radius 1 is 0.754 bits per heavy atom. The quantitative estimate of drug-likeness (QED) is 0.181. The zero-order valence-electron chi connectivity index (χ0n) is 34.2. The first kappa shape index (κ1) is 46.0. The largest absolute Gasteiger partial charge is 0.374 e. The number of piperidine rings is 1. The van der Waals surface area contributed by atoms with Crippen molar-refractivity contribution in [2.45, 2.75) is 102 Å². The fraction of sp³-hybridized carbons (Fsp3) is 0.537. The van der Waals surface area contributed by atoms with Crippen LogP contribution in [0.4, 0.5) is 4.79 Å². The Morgan fingerprint density at radius 2 is 1.26 bits per heavy atom. The number of carbonyl (C=O) groups is 7. The first-order valence-electron chi connectivity index (χ1n) is 19.3. The molecular weight excluding hydrogens is 732 g/mol. The number of hydrogen-bond acceptors (Lipinski definition) is 9. The molecule has 0 radical (unpaired) electrons. The predicted molar refractivity (Wildman–Crippen MR) is 214 cm³/mol. The molecule has 2 aromatic rings. The molecule has 16 heteroatoms. The lowest BCUT2D eigenvalue weighted by Gasteiger charge is -2.34. The molecule has 16 nitrogen and oxygen atoms in total. The lowest BCUT2D eigenvalue weighted by atomic mass is 10.0. The lowest BCUT2D eigenvalue weighted by molar-refractivity contribution is -0.144. The van der Waals surface area contributed by atoms with Gasteiger partial charge >= 0.3 is 6.03 Å².